The second kappa shape index (κ2) is 7.16. The highest BCUT2D eigenvalue weighted by atomic mass is 32.1. The molecule has 0 fully saturated rings. The second-order valence-corrected chi connectivity index (χ2v) is 7.94. The van der Waals surface area contributed by atoms with Gasteiger partial charge < -0.3 is 10.3 Å². The number of thiophene rings is 1. The van der Waals surface area contributed by atoms with Crippen LogP contribution in [0.4, 0.5) is 11.4 Å². The molecule has 2 aromatic heterocycles. The van der Waals surface area contributed by atoms with E-state index in [4.69, 9.17) is 0 Å². The van der Waals surface area contributed by atoms with E-state index in [1.54, 1.807) is 24.3 Å². The van der Waals surface area contributed by atoms with Gasteiger partial charge >= 0.3 is 0 Å². The summed E-state index contributed by atoms with van der Waals surface area (Å²) in [4.78, 5) is 44.4. The number of non-ortho nitro benzene ring substituents is 1. The Balaban J connectivity index is 1.47. The molecule has 0 atom stereocenters. The standard InChI is InChI=1S/C19H18N4O4S/c1-10-5-6-11(23(26)27)9-13(10)20-16(24)8-7-15-21-18(25)17-12-3-2-4-14(12)28-19(17)22-15/h5-6,9H,2-4,7-8H2,1H3,(H,20,24)(H,21,22,25). The third-order valence-electron chi connectivity index (χ3n) is 4.92. The van der Waals surface area contributed by atoms with Crippen molar-refractivity contribution < 1.29 is 9.72 Å². The lowest BCUT2D eigenvalue weighted by atomic mass is 10.1. The fraction of sp³-hybridized carbons (Fsp3) is 0.316. The van der Waals surface area contributed by atoms with Crippen LogP contribution in [0.5, 0.6) is 0 Å². The van der Waals surface area contributed by atoms with E-state index in [2.05, 4.69) is 15.3 Å². The van der Waals surface area contributed by atoms with Gasteiger partial charge in [0.15, 0.2) is 0 Å². The molecule has 0 spiro atoms. The second-order valence-electron chi connectivity index (χ2n) is 6.85. The summed E-state index contributed by atoms with van der Waals surface area (Å²) >= 11 is 1.56. The number of hydrogen-bond acceptors (Lipinski definition) is 6. The van der Waals surface area contributed by atoms with E-state index in [0.717, 1.165) is 35.2 Å². The molecular formula is C19H18N4O4S. The molecule has 0 aliphatic heterocycles. The zero-order valence-electron chi connectivity index (χ0n) is 15.2. The number of aromatic nitrogens is 2. The van der Waals surface area contributed by atoms with E-state index in [0.29, 0.717) is 16.9 Å². The van der Waals surface area contributed by atoms with E-state index < -0.39 is 4.92 Å². The van der Waals surface area contributed by atoms with Gasteiger partial charge in [-0.15, -0.1) is 11.3 Å². The number of rotatable bonds is 5. The first-order chi connectivity index (χ1) is 13.4. The summed E-state index contributed by atoms with van der Waals surface area (Å²) in [5, 5.41) is 14.3. The highest BCUT2D eigenvalue weighted by Crippen LogP contribution is 2.34. The van der Waals surface area contributed by atoms with Crippen LogP contribution in [0, 0.1) is 17.0 Å². The average molecular weight is 398 g/mol. The number of nitro benzene ring substituents is 1. The fourth-order valence-corrected chi connectivity index (χ4v) is 4.75. The molecule has 1 amide bonds. The Morgan fingerprint density at radius 2 is 2.21 bits per heavy atom. The van der Waals surface area contributed by atoms with Crippen molar-refractivity contribution in [3.63, 3.8) is 0 Å². The lowest BCUT2D eigenvalue weighted by Gasteiger charge is -2.08. The minimum atomic E-state index is -0.503. The van der Waals surface area contributed by atoms with Crippen LogP contribution in [0.15, 0.2) is 23.0 Å². The first kappa shape index (κ1) is 18.3. The highest BCUT2D eigenvalue weighted by molar-refractivity contribution is 7.18. The van der Waals surface area contributed by atoms with Gasteiger partial charge in [0.25, 0.3) is 11.2 Å². The zero-order valence-corrected chi connectivity index (χ0v) is 16.0. The van der Waals surface area contributed by atoms with Crippen LogP contribution in [0.3, 0.4) is 0 Å². The maximum Gasteiger partial charge on any atom is 0.271 e. The molecule has 1 aliphatic carbocycles. The van der Waals surface area contributed by atoms with Crippen LogP contribution >= 0.6 is 11.3 Å². The summed E-state index contributed by atoms with van der Waals surface area (Å²) in [6.07, 6.45) is 3.39. The molecule has 0 saturated heterocycles. The summed E-state index contributed by atoms with van der Waals surface area (Å²) in [5.74, 6) is 0.184. The summed E-state index contributed by atoms with van der Waals surface area (Å²) in [6.45, 7) is 1.77. The quantitative estimate of drug-likeness (QED) is 0.505. The number of anilines is 1. The average Bonchev–Trinajstić information content (AvgIpc) is 3.22. The molecule has 3 aromatic rings. The van der Waals surface area contributed by atoms with Crippen molar-refractivity contribution in [2.45, 2.75) is 39.0 Å². The maximum atomic E-state index is 12.4. The van der Waals surface area contributed by atoms with E-state index >= 15 is 0 Å². The van der Waals surface area contributed by atoms with Crippen molar-refractivity contribution in [1.82, 2.24) is 9.97 Å². The zero-order chi connectivity index (χ0) is 19.8. The van der Waals surface area contributed by atoms with Crippen LogP contribution < -0.4 is 10.9 Å². The lowest BCUT2D eigenvalue weighted by molar-refractivity contribution is -0.384. The minimum absolute atomic E-state index is 0.0805. The number of fused-ring (bicyclic) bond motifs is 3. The predicted molar refractivity (Wildman–Crippen MR) is 107 cm³/mol. The van der Waals surface area contributed by atoms with E-state index in [1.807, 2.05) is 0 Å². The van der Waals surface area contributed by atoms with Crippen molar-refractivity contribution in [2.24, 2.45) is 0 Å². The van der Waals surface area contributed by atoms with Gasteiger partial charge in [-0.1, -0.05) is 6.07 Å². The fourth-order valence-electron chi connectivity index (χ4n) is 3.47. The number of nitrogens with zero attached hydrogens (tertiary/aromatic N) is 2. The molecular weight excluding hydrogens is 380 g/mol. The summed E-state index contributed by atoms with van der Waals surface area (Å²) in [7, 11) is 0. The summed E-state index contributed by atoms with van der Waals surface area (Å²) in [6, 6.07) is 4.33. The van der Waals surface area contributed by atoms with Crippen LogP contribution in [-0.4, -0.2) is 20.8 Å². The van der Waals surface area contributed by atoms with E-state index in [-0.39, 0.29) is 30.0 Å². The molecule has 2 heterocycles. The Kier molecular flexibility index (Phi) is 4.68. The van der Waals surface area contributed by atoms with Crippen molar-refractivity contribution in [2.75, 3.05) is 5.32 Å². The maximum absolute atomic E-state index is 12.4. The van der Waals surface area contributed by atoms with Gasteiger partial charge in [0.2, 0.25) is 5.91 Å². The highest BCUT2D eigenvalue weighted by Gasteiger charge is 2.21. The number of aryl methyl sites for hydroxylation is 4. The number of aromatic amines is 1. The van der Waals surface area contributed by atoms with Crippen molar-refractivity contribution in [1.29, 1.82) is 0 Å². The number of benzene rings is 1. The Morgan fingerprint density at radius 3 is 3.00 bits per heavy atom. The van der Waals surface area contributed by atoms with Crippen LogP contribution in [0.1, 0.15) is 34.7 Å². The number of nitrogens with one attached hydrogen (secondary N) is 2. The number of carbonyl (C=O) groups is 1. The molecule has 2 N–H and O–H groups in total. The smallest absolute Gasteiger partial charge is 0.271 e. The van der Waals surface area contributed by atoms with Crippen molar-refractivity contribution >= 4 is 38.8 Å². The molecule has 0 radical (unpaired) electrons. The third kappa shape index (κ3) is 3.40. The van der Waals surface area contributed by atoms with E-state index in [1.165, 1.54) is 17.0 Å². The third-order valence-corrected chi connectivity index (χ3v) is 6.10. The molecule has 1 aliphatic rings. The Morgan fingerprint density at radius 1 is 1.39 bits per heavy atom. The van der Waals surface area contributed by atoms with Gasteiger partial charge in [0.05, 0.1) is 16.0 Å². The lowest BCUT2D eigenvalue weighted by Crippen LogP contribution is -2.16. The first-order valence-electron chi connectivity index (χ1n) is 9.00. The number of H-pyrrole nitrogens is 1. The molecule has 1 aromatic carbocycles. The normalized spacial score (nSPS) is 12.9. The van der Waals surface area contributed by atoms with Crippen molar-refractivity contribution in [3.05, 3.63) is 60.5 Å². The molecule has 8 nitrogen and oxygen atoms in total. The number of carbonyl (C=O) groups excluding carboxylic acids is 1. The van der Waals surface area contributed by atoms with Gasteiger partial charge in [0.1, 0.15) is 10.7 Å². The van der Waals surface area contributed by atoms with Crippen molar-refractivity contribution in [3.8, 4) is 0 Å². The molecule has 0 saturated carbocycles. The predicted octanol–water partition coefficient (Wildman–Crippen LogP) is 3.26. The molecule has 144 valence electrons. The summed E-state index contributed by atoms with van der Waals surface area (Å²) < 4.78 is 0. The number of amides is 1. The first-order valence-corrected chi connectivity index (χ1v) is 9.82. The Labute approximate surface area is 163 Å². The van der Waals surface area contributed by atoms with Crippen LogP contribution in [0.25, 0.3) is 10.2 Å². The number of hydrogen-bond donors (Lipinski definition) is 2. The van der Waals surface area contributed by atoms with E-state index in [9.17, 15) is 19.7 Å². The van der Waals surface area contributed by atoms with Gasteiger partial charge in [-0.3, -0.25) is 19.7 Å². The van der Waals surface area contributed by atoms with Crippen LogP contribution in [0.2, 0.25) is 0 Å². The summed E-state index contributed by atoms with van der Waals surface area (Å²) in [5.41, 5.74) is 2.04. The Hall–Kier alpha value is -3.07. The molecule has 4 rings (SSSR count). The molecule has 9 heteroatoms. The van der Waals surface area contributed by atoms with Gasteiger partial charge in [-0.25, -0.2) is 4.98 Å². The Bertz CT molecular complexity index is 1160. The molecule has 0 unspecified atom stereocenters. The minimum Gasteiger partial charge on any atom is -0.326 e. The molecule has 0 bridgehead atoms. The monoisotopic (exact) mass is 398 g/mol. The SMILES string of the molecule is Cc1ccc([N+](=O)[O-])cc1NC(=O)CCc1nc2sc3c(c2c(=O)[nH]1)CCC3. The van der Waals surface area contributed by atoms with Gasteiger partial charge in [-0.05, 0) is 37.3 Å². The molecule has 28 heavy (non-hydrogen) atoms. The van der Waals surface area contributed by atoms with Gasteiger partial charge in [0, 0.05) is 29.9 Å². The number of nitro groups is 1. The largest absolute Gasteiger partial charge is 0.326 e. The topological polar surface area (TPSA) is 118 Å². The van der Waals surface area contributed by atoms with Crippen LogP contribution in [-0.2, 0) is 24.1 Å². The van der Waals surface area contributed by atoms with Gasteiger partial charge in [-0.2, -0.15) is 0 Å².